The van der Waals surface area contributed by atoms with Gasteiger partial charge < -0.3 is 9.73 Å². The van der Waals surface area contributed by atoms with Gasteiger partial charge in [0, 0.05) is 5.56 Å². The highest BCUT2D eigenvalue weighted by Crippen LogP contribution is 2.31. The van der Waals surface area contributed by atoms with E-state index in [0.717, 1.165) is 17.1 Å². The first kappa shape index (κ1) is 16.2. The highest BCUT2D eigenvalue weighted by atomic mass is 35.5. The lowest BCUT2D eigenvalue weighted by Gasteiger charge is -1.98. The predicted octanol–water partition coefficient (Wildman–Crippen LogP) is 5.09. The van der Waals surface area contributed by atoms with Crippen molar-refractivity contribution in [3.8, 4) is 0 Å². The molecule has 0 aliphatic carbocycles. The number of hydrogen-bond acceptors (Lipinski definition) is 4. The van der Waals surface area contributed by atoms with Crippen LogP contribution in [0.25, 0.3) is 6.08 Å². The molecular weight excluding hydrogens is 355 g/mol. The van der Waals surface area contributed by atoms with Crippen LogP contribution >= 0.6 is 35.0 Å². The van der Waals surface area contributed by atoms with Crippen LogP contribution < -0.4 is 5.32 Å². The smallest absolute Gasteiger partial charge is 0.264 e. The molecule has 1 aromatic carbocycles. The first-order chi connectivity index (χ1) is 10.9. The van der Waals surface area contributed by atoms with Gasteiger partial charge in [-0.1, -0.05) is 23.2 Å². The number of benzene rings is 1. The van der Waals surface area contributed by atoms with Crippen molar-refractivity contribution in [2.24, 2.45) is 4.99 Å². The molecule has 1 aliphatic rings. The SMILES string of the molecule is Cc1cc(/C=C2\SC(=Nc3ccc(Cl)c(Cl)c3)NC2=O)c(C)o1. The van der Waals surface area contributed by atoms with E-state index in [0.29, 0.717) is 25.8 Å². The molecule has 1 aliphatic heterocycles. The van der Waals surface area contributed by atoms with Crippen LogP contribution in [0.4, 0.5) is 5.69 Å². The van der Waals surface area contributed by atoms with E-state index in [9.17, 15) is 4.79 Å². The average Bonchev–Trinajstić information content (AvgIpc) is 2.97. The molecule has 0 atom stereocenters. The molecule has 4 nitrogen and oxygen atoms in total. The summed E-state index contributed by atoms with van der Waals surface area (Å²) in [7, 11) is 0. The van der Waals surface area contributed by atoms with Crippen LogP contribution in [0.2, 0.25) is 10.0 Å². The Morgan fingerprint density at radius 3 is 2.65 bits per heavy atom. The van der Waals surface area contributed by atoms with Gasteiger partial charge in [-0.15, -0.1) is 0 Å². The first-order valence-electron chi connectivity index (χ1n) is 6.74. The van der Waals surface area contributed by atoms with E-state index >= 15 is 0 Å². The molecule has 1 amide bonds. The topological polar surface area (TPSA) is 54.6 Å². The third-order valence-electron chi connectivity index (χ3n) is 3.15. The number of rotatable bonds is 2. The van der Waals surface area contributed by atoms with Crippen molar-refractivity contribution in [3.05, 3.63) is 56.3 Å². The summed E-state index contributed by atoms with van der Waals surface area (Å²) in [5.41, 5.74) is 1.51. The van der Waals surface area contributed by atoms with Gasteiger partial charge in [0.2, 0.25) is 0 Å². The Labute approximate surface area is 147 Å². The number of halogens is 2. The zero-order valence-corrected chi connectivity index (χ0v) is 14.6. The number of furan rings is 1. The number of nitrogens with one attached hydrogen (secondary N) is 1. The second-order valence-electron chi connectivity index (χ2n) is 4.95. The summed E-state index contributed by atoms with van der Waals surface area (Å²) in [5, 5.41) is 4.11. The van der Waals surface area contributed by atoms with Gasteiger partial charge in [-0.05, 0) is 56.0 Å². The highest BCUT2D eigenvalue weighted by Gasteiger charge is 2.24. The molecule has 0 bridgehead atoms. The minimum atomic E-state index is -0.188. The Morgan fingerprint density at radius 2 is 2.00 bits per heavy atom. The zero-order valence-electron chi connectivity index (χ0n) is 12.3. The van der Waals surface area contributed by atoms with E-state index in [1.807, 2.05) is 19.9 Å². The van der Waals surface area contributed by atoms with Crippen LogP contribution in [0.3, 0.4) is 0 Å². The lowest BCUT2D eigenvalue weighted by molar-refractivity contribution is -0.115. The Kier molecular flexibility index (Phi) is 4.53. The molecule has 3 rings (SSSR count). The molecule has 2 heterocycles. The average molecular weight is 367 g/mol. The summed E-state index contributed by atoms with van der Waals surface area (Å²) in [4.78, 5) is 17.0. The standard InChI is InChI=1S/C16H12Cl2N2O2S/c1-8-5-10(9(2)22-8)6-14-15(21)20-16(23-14)19-11-3-4-12(17)13(18)7-11/h3-7H,1-2H3,(H,19,20,21)/b14-6-. The second-order valence-corrected chi connectivity index (χ2v) is 6.79. The third kappa shape index (κ3) is 3.63. The van der Waals surface area contributed by atoms with E-state index < -0.39 is 0 Å². The van der Waals surface area contributed by atoms with E-state index in [1.54, 1.807) is 24.3 Å². The van der Waals surface area contributed by atoms with Crippen LogP contribution in [0, 0.1) is 13.8 Å². The number of amidine groups is 1. The lowest BCUT2D eigenvalue weighted by Crippen LogP contribution is -2.19. The van der Waals surface area contributed by atoms with Gasteiger partial charge in [-0.3, -0.25) is 4.79 Å². The highest BCUT2D eigenvalue weighted by molar-refractivity contribution is 8.18. The predicted molar refractivity (Wildman–Crippen MR) is 95.4 cm³/mol. The van der Waals surface area contributed by atoms with E-state index in [4.69, 9.17) is 27.6 Å². The van der Waals surface area contributed by atoms with E-state index in [-0.39, 0.29) is 5.91 Å². The normalized spacial score (nSPS) is 18.0. The number of hydrogen-bond donors (Lipinski definition) is 1. The Balaban J connectivity index is 1.85. The number of nitrogens with zero attached hydrogens (tertiary/aromatic N) is 1. The number of amides is 1. The van der Waals surface area contributed by atoms with Crippen LogP contribution in [-0.4, -0.2) is 11.1 Å². The number of aryl methyl sites for hydroxylation is 2. The molecule has 0 saturated carbocycles. The summed E-state index contributed by atoms with van der Waals surface area (Å²) in [6, 6.07) is 6.94. The van der Waals surface area contributed by atoms with Gasteiger partial charge in [0.1, 0.15) is 11.5 Å². The quantitative estimate of drug-likeness (QED) is 0.752. The summed E-state index contributed by atoms with van der Waals surface area (Å²) in [5.74, 6) is 1.40. The number of carbonyl (C=O) groups is 1. The van der Waals surface area contributed by atoms with Crippen molar-refractivity contribution in [2.75, 3.05) is 0 Å². The molecule has 1 fully saturated rings. The van der Waals surface area contributed by atoms with E-state index in [2.05, 4.69) is 10.3 Å². The van der Waals surface area contributed by atoms with Gasteiger partial charge in [-0.2, -0.15) is 0 Å². The second kappa shape index (κ2) is 6.43. The fourth-order valence-electron chi connectivity index (χ4n) is 2.09. The minimum Gasteiger partial charge on any atom is -0.466 e. The number of carbonyl (C=O) groups excluding carboxylic acids is 1. The van der Waals surface area contributed by atoms with Crippen LogP contribution in [0.15, 0.2) is 38.6 Å². The molecule has 1 N–H and O–H groups in total. The summed E-state index contributed by atoms with van der Waals surface area (Å²) < 4.78 is 5.46. The number of thioether (sulfide) groups is 1. The van der Waals surface area contributed by atoms with Crippen molar-refractivity contribution in [2.45, 2.75) is 13.8 Å². The fourth-order valence-corrected chi connectivity index (χ4v) is 3.21. The third-order valence-corrected chi connectivity index (χ3v) is 4.80. The first-order valence-corrected chi connectivity index (χ1v) is 8.31. The molecule has 118 valence electrons. The maximum atomic E-state index is 12.1. The van der Waals surface area contributed by atoms with Crippen molar-refractivity contribution in [3.63, 3.8) is 0 Å². The van der Waals surface area contributed by atoms with Crippen LogP contribution in [-0.2, 0) is 4.79 Å². The van der Waals surface area contributed by atoms with Crippen LogP contribution in [0.1, 0.15) is 17.1 Å². The molecule has 23 heavy (non-hydrogen) atoms. The van der Waals surface area contributed by atoms with Gasteiger partial charge in [0.15, 0.2) is 5.17 Å². The summed E-state index contributed by atoms with van der Waals surface area (Å²) in [6.45, 7) is 3.73. The van der Waals surface area contributed by atoms with Crippen molar-refractivity contribution < 1.29 is 9.21 Å². The van der Waals surface area contributed by atoms with Crippen LogP contribution in [0.5, 0.6) is 0 Å². The Bertz CT molecular complexity index is 856. The Hall–Kier alpha value is -1.69. The monoisotopic (exact) mass is 366 g/mol. The van der Waals surface area contributed by atoms with Gasteiger partial charge >= 0.3 is 0 Å². The van der Waals surface area contributed by atoms with Crippen molar-refractivity contribution >= 4 is 57.8 Å². The minimum absolute atomic E-state index is 0.188. The summed E-state index contributed by atoms with van der Waals surface area (Å²) >= 11 is 13.1. The van der Waals surface area contributed by atoms with Gasteiger partial charge in [-0.25, -0.2) is 4.99 Å². The molecule has 0 unspecified atom stereocenters. The molecular formula is C16H12Cl2N2O2S. The Morgan fingerprint density at radius 1 is 1.22 bits per heavy atom. The molecule has 7 heteroatoms. The lowest BCUT2D eigenvalue weighted by atomic mass is 10.2. The zero-order chi connectivity index (χ0) is 16.6. The maximum absolute atomic E-state index is 12.1. The maximum Gasteiger partial charge on any atom is 0.264 e. The van der Waals surface area contributed by atoms with E-state index in [1.165, 1.54) is 11.8 Å². The fraction of sp³-hybridized carbons (Fsp3) is 0.125. The molecule has 1 aromatic heterocycles. The summed E-state index contributed by atoms with van der Waals surface area (Å²) in [6.07, 6.45) is 1.79. The number of aliphatic imine (C=N–C) groups is 1. The molecule has 0 spiro atoms. The van der Waals surface area contributed by atoms with Crippen molar-refractivity contribution in [1.29, 1.82) is 0 Å². The molecule has 2 aromatic rings. The van der Waals surface area contributed by atoms with Gasteiger partial charge in [0.05, 0.1) is 20.6 Å². The molecule has 0 radical (unpaired) electrons. The van der Waals surface area contributed by atoms with Gasteiger partial charge in [0.25, 0.3) is 5.91 Å². The largest absolute Gasteiger partial charge is 0.466 e. The van der Waals surface area contributed by atoms with Crippen molar-refractivity contribution in [1.82, 2.24) is 5.32 Å². The molecule has 1 saturated heterocycles.